The van der Waals surface area contributed by atoms with Gasteiger partial charge in [-0.25, -0.2) is 9.97 Å². The van der Waals surface area contributed by atoms with Crippen LogP contribution in [0.5, 0.6) is 5.88 Å². The Morgan fingerprint density at radius 2 is 1.87 bits per heavy atom. The van der Waals surface area contributed by atoms with Crippen LogP contribution in [0.2, 0.25) is 0 Å². The standard InChI is InChI=1S/C22H15N5O2S/c1-27-10-9-23-21(27)20-25-17-16(14-7-8-15(12-28)24-11-14)18(13-5-3-2-4-6-13)30-19(17)22(29)26-20/h2-12H,1H3,(H,25,26,29). The van der Waals surface area contributed by atoms with Gasteiger partial charge in [0.25, 0.3) is 0 Å². The molecule has 4 heterocycles. The summed E-state index contributed by atoms with van der Waals surface area (Å²) in [6, 6.07) is 13.4. The van der Waals surface area contributed by atoms with Crippen LogP contribution in [0, 0.1) is 0 Å². The number of thiophene rings is 1. The number of aryl methyl sites for hydroxylation is 1. The average Bonchev–Trinajstić information content (AvgIpc) is 3.38. The number of imidazole rings is 1. The first-order valence-electron chi connectivity index (χ1n) is 9.14. The minimum atomic E-state index is -0.0936. The van der Waals surface area contributed by atoms with E-state index in [0.29, 0.717) is 33.8 Å². The molecule has 0 aliphatic heterocycles. The van der Waals surface area contributed by atoms with E-state index in [9.17, 15) is 9.90 Å². The monoisotopic (exact) mass is 413 g/mol. The first kappa shape index (κ1) is 18.1. The summed E-state index contributed by atoms with van der Waals surface area (Å²) >= 11 is 1.42. The molecule has 30 heavy (non-hydrogen) atoms. The van der Waals surface area contributed by atoms with E-state index < -0.39 is 0 Å². The summed E-state index contributed by atoms with van der Waals surface area (Å²) in [4.78, 5) is 29.5. The molecule has 0 aliphatic carbocycles. The van der Waals surface area contributed by atoms with Crippen LogP contribution >= 0.6 is 11.3 Å². The third kappa shape index (κ3) is 2.94. The largest absolute Gasteiger partial charge is 0.492 e. The second-order valence-electron chi connectivity index (χ2n) is 6.67. The molecule has 1 N–H and O–H groups in total. The molecular weight excluding hydrogens is 398 g/mol. The molecule has 0 unspecified atom stereocenters. The fraction of sp³-hybridized carbons (Fsp3) is 0.0455. The molecule has 0 spiro atoms. The Morgan fingerprint density at radius 1 is 1.03 bits per heavy atom. The number of hydrogen-bond donors (Lipinski definition) is 1. The zero-order valence-corrected chi connectivity index (χ0v) is 16.7. The highest BCUT2D eigenvalue weighted by molar-refractivity contribution is 7.23. The Hall–Kier alpha value is -3.91. The van der Waals surface area contributed by atoms with E-state index in [1.54, 1.807) is 29.2 Å². The van der Waals surface area contributed by atoms with Gasteiger partial charge in [-0.05, 0) is 11.6 Å². The summed E-state index contributed by atoms with van der Waals surface area (Å²) in [7, 11) is 1.85. The Balaban J connectivity index is 1.84. The van der Waals surface area contributed by atoms with E-state index in [1.165, 1.54) is 11.3 Å². The lowest BCUT2D eigenvalue weighted by Crippen LogP contribution is -1.97. The third-order valence-corrected chi connectivity index (χ3v) is 5.99. The van der Waals surface area contributed by atoms with Crippen LogP contribution in [0.25, 0.3) is 43.4 Å². The number of carbonyl (C=O) groups is 1. The molecule has 0 saturated carbocycles. The summed E-state index contributed by atoms with van der Waals surface area (Å²) in [5.74, 6) is 0.799. The molecule has 0 bridgehead atoms. The minimum Gasteiger partial charge on any atom is -0.492 e. The molecule has 7 nitrogen and oxygen atoms in total. The predicted octanol–water partition coefficient (Wildman–Crippen LogP) is 4.34. The van der Waals surface area contributed by atoms with E-state index in [1.807, 2.05) is 43.4 Å². The quantitative estimate of drug-likeness (QED) is 0.441. The van der Waals surface area contributed by atoms with Crippen molar-refractivity contribution in [3.63, 3.8) is 0 Å². The number of nitrogens with zero attached hydrogens (tertiary/aromatic N) is 5. The SMILES string of the molecule is Cn1ccnc1-c1nc(O)c2sc(-c3ccccc3)c(-c3ccc(C=O)nc3)c2n1. The zero-order valence-electron chi connectivity index (χ0n) is 15.9. The topological polar surface area (TPSA) is 93.8 Å². The molecule has 4 aromatic heterocycles. The van der Waals surface area contributed by atoms with Crippen LogP contribution in [0.1, 0.15) is 10.5 Å². The zero-order chi connectivity index (χ0) is 20.7. The maximum atomic E-state index is 11.0. The van der Waals surface area contributed by atoms with E-state index in [2.05, 4.69) is 15.0 Å². The van der Waals surface area contributed by atoms with E-state index in [0.717, 1.165) is 21.6 Å². The van der Waals surface area contributed by atoms with Crippen LogP contribution in [-0.4, -0.2) is 35.9 Å². The van der Waals surface area contributed by atoms with Gasteiger partial charge in [0.15, 0.2) is 17.9 Å². The van der Waals surface area contributed by atoms with Gasteiger partial charge in [-0.15, -0.1) is 11.3 Å². The molecule has 0 fully saturated rings. The van der Waals surface area contributed by atoms with Crippen molar-refractivity contribution in [2.75, 3.05) is 0 Å². The van der Waals surface area contributed by atoms with Crippen molar-refractivity contribution in [3.8, 4) is 39.1 Å². The summed E-state index contributed by atoms with van der Waals surface area (Å²) < 4.78 is 2.38. The van der Waals surface area contributed by atoms with Crippen LogP contribution in [0.3, 0.4) is 0 Å². The summed E-state index contributed by atoms with van der Waals surface area (Å²) in [5, 5.41) is 10.7. The van der Waals surface area contributed by atoms with Crippen LogP contribution < -0.4 is 0 Å². The van der Waals surface area contributed by atoms with E-state index in [-0.39, 0.29) is 5.88 Å². The molecule has 1 aromatic carbocycles. The highest BCUT2D eigenvalue weighted by Gasteiger charge is 2.22. The van der Waals surface area contributed by atoms with Gasteiger partial charge in [-0.1, -0.05) is 36.4 Å². The fourth-order valence-electron chi connectivity index (χ4n) is 3.33. The second kappa shape index (κ2) is 7.16. The highest BCUT2D eigenvalue weighted by Crippen LogP contribution is 2.46. The summed E-state index contributed by atoms with van der Waals surface area (Å²) in [6.45, 7) is 0. The van der Waals surface area contributed by atoms with Gasteiger partial charge in [0.1, 0.15) is 10.4 Å². The Morgan fingerprint density at radius 3 is 2.53 bits per heavy atom. The first-order valence-corrected chi connectivity index (χ1v) is 9.95. The molecule has 0 atom stereocenters. The number of rotatable bonds is 4. The van der Waals surface area contributed by atoms with Crippen LogP contribution in [0.15, 0.2) is 61.1 Å². The van der Waals surface area contributed by atoms with Crippen molar-refractivity contribution in [2.45, 2.75) is 0 Å². The van der Waals surface area contributed by atoms with E-state index in [4.69, 9.17) is 4.98 Å². The molecule has 5 rings (SSSR count). The number of aromatic hydroxyl groups is 1. The highest BCUT2D eigenvalue weighted by atomic mass is 32.1. The average molecular weight is 413 g/mol. The number of fused-ring (bicyclic) bond motifs is 1. The fourth-order valence-corrected chi connectivity index (χ4v) is 4.48. The van der Waals surface area contributed by atoms with Crippen molar-refractivity contribution < 1.29 is 9.90 Å². The van der Waals surface area contributed by atoms with E-state index >= 15 is 0 Å². The maximum Gasteiger partial charge on any atom is 0.233 e. The summed E-state index contributed by atoms with van der Waals surface area (Å²) in [6.07, 6.45) is 5.82. The van der Waals surface area contributed by atoms with Gasteiger partial charge in [-0.3, -0.25) is 9.78 Å². The second-order valence-corrected chi connectivity index (χ2v) is 7.69. The van der Waals surface area contributed by atoms with Crippen molar-refractivity contribution in [2.24, 2.45) is 7.05 Å². The molecule has 0 aliphatic rings. The molecule has 5 aromatic rings. The molecule has 8 heteroatoms. The number of aromatic nitrogens is 5. The number of pyridine rings is 1. The Labute approximate surface area is 175 Å². The lowest BCUT2D eigenvalue weighted by molar-refractivity contribution is 0.111. The Kier molecular flexibility index (Phi) is 4.33. The van der Waals surface area contributed by atoms with Gasteiger partial charge in [0, 0.05) is 41.6 Å². The van der Waals surface area contributed by atoms with Crippen molar-refractivity contribution in [3.05, 3.63) is 66.7 Å². The number of benzene rings is 1. The van der Waals surface area contributed by atoms with Gasteiger partial charge in [0.05, 0.1) is 5.52 Å². The molecule has 0 saturated heterocycles. The number of aldehydes is 1. The van der Waals surface area contributed by atoms with Crippen LogP contribution in [0.4, 0.5) is 0 Å². The predicted molar refractivity (Wildman–Crippen MR) is 115 cm³/mol. The molecular formula is C22H15N5O2S. The molecule has 0 amide bonds. The smallest absolute Gasteiger partial charge is 0.233 e. The van der Waals surface area contributed by atoms with Crippen molar-refractivity contribution in [1.29, 1.82) is 0 Å². The van der Waals surface area contributed by atoms with Gasteiger partial charge in [-0.2, -0.15) is 4.98 Å². The molecule has 146 valence electrons. The van der Waals surface area contributed by atoms with Crippen LogP contribution in [-0.2, 0) is 7.05 Å². The lowest BCUT2D eigenvalue weighted by atomic mass is 10.0. The van der Waals surface area contributed by atoms with Crippen molar-refractivity contribution in [1.82, 2.24) is 24.5 Å². The maximum absolute atomic E-state index is 11.0. The van der Waals surface area contributed by atoms with Gasteiger partial charge >= 0.3 is 0 Å². The number of hydrogen-bond acceptors (Lipinski definition) is 7. The molecule has 0 radical (unpaired) electrons. The minimum absolute atomic E-state index is 0.0936. The Bertz CT molecular complexity index is 1370. The lowest BCUT2D eigenvalue weighted by Gasteiger charge is -2.06. The van der Waals surface area contributed by atoms with Gasteiger partial charge < -0.3 is 9.67 Å². The third-order valence-electron chi connectivity index (χ3n) is 4.77. The normalized spacial score (nSPS) is 11.1. The first-order chi connectivity index (χ1) is 14.7. The van der Waals surface area contributed by atoms with Crippen molar-refractivity contribution >= 4 is 27.8 Å². The van der Waals surface area contributed by atoms with Gasteiger partial charge in [0.2, 0.25) is 5.88 Å². The summed E-state index contributed by atoms with van der Waals surface area (Å²) in [5.41, 5.74) is 3.59. The number of carbonyl (C=O) groups excluding carboxylic acids is 1.